The number of amides is 1. The molecule has 0 radical (unpaired) electrons. The molecule has 0 aromatic heterocycles. The Labute approximate surface area is 619 Å². The first kappa shape index (κ1) is 82.5. The van der Waals surface area contributed by atoms with E-state index in [1.807, 2.05) is 13.8 Å². The molecule has 34 heteroatoms. The van der Waals surface area contributed by atoms with Crippen molar-refractivity contribution in [3.63, 3.8) is 0 Å². The first-order chi connectivity index (χ1) is 50.2. The van der Waals surface area contributed by atoms with Crippen LogP contribution in [0.15, 0.2) is 35.9 Å². The van der Waals surface area contributed by atoms with E-state index >= 15 is 4.79 Å². The minimum atomic E-state index is -2.06. The number of hydrogen-bond donors (Lipinski definition) is 18. The molecule has 3 unspecified atom stereocenters. The van der Waals surface area contributed by atoms with Crippen LogP contribution < -0.4 is 11.1 Å². The molecule has 6 heterocycles. The molecular weight excluding hydrogens is 1420 g/mol. The van der Waals surface area contributed by atoms with Crippen molar-refractivity contribution in [3.05, 3.63) is 41.5 Å². The zero-order valence-corrected chi connectivity index (χ0v) is 61.8. The number of hydrogen-bond acceptors (Lipinski definition) is 33. The van der Waals surface area contributed by atoms with Gasteiger partial charge in [0.1, 0.15) is 127 Å². The number of aliphatic hydroxyl groups excluding tert-OH is 16. The van der Waals surface area contributed by atoms with E-state index in [9.17, 15) is 91.3 Å². The summed E-state index contributed by atoms with van der Waals surface area (Å²) >= 11 is 0. The zero-order chi connectivity index (χ0) is 78.0. The van der Waals surface area contributed by atoms with Crippen LogP contribution in [0.2, 0.25) is 0 Å². The molecule has 107 heavy (non-hydrogen) atoms. The number of allylic oxidation sites excluding steroid dienone is 2. The summed E-state index contributed by atoms with van der Waals surface area (Å²) in [6, 6.07) is 5.00. The molecule has 10 fully saturated rings. The summed E-state index contributed by atoms with van der Waals surface area (Å²) in [7, 11) is 0. The van der Waals surface area contributed by atoms with Crippen LogP contribution >= 0.6 is 0 Å². The van der Waals surface area contributed by atoms with E-state index in [4.69, 9.17) is 67.3 Å². The number of carbonyl (C=O) groups is 3. The number of nitrogens with one attached hydrogen (secondary N) is 1. The second-order valence-electron chi connectivity index (χ2n) is 33.8. The highest BCUT2D eigenvalue weighted by atomic mass is 16.8. The lowest BCUT2D eigenvalue weighted by Crippen LogP contribution is -2.70. The van der Waals surface area contributed by atoms with Crippen LogP contribution in [0, 0.1) is 50.2 Å². The highest BCUT2D eigenvalue weighted by Crippen LogP contribution is 2.76. The van der Waals surface area contributed by atoms with E-state index in [1.165, 1.54) is 32.9 Å². The maximum absolute atomic E-state index is 16.2. The molecule has 1 aromatic carbocycles. The highest BCUT2D eigenvalue weighted by molar-refractivity contribution is 5.95. The van der Waals surface area contributed by atoms with Crippen molar-refractivity contribution in [1.29, 1.82) is 0 Å². The van der Waals surface area contributed by atoms with Gasteiger partial charge in [-0.25, -0.2) is 4.79 Å². The van der Waals surface area contributed by atoms with Gasteiger partial charge in [0, 0.05) is 24.4 Å². The molecule has 34 nitrogen and oxygen atoms in total. The Morgan fingerprint density at radius 1 is 0.561 bits per heavy atom. The topological polar surface area (TPSA) is 533 Å². The summed E-state index contributed by atoms with van der Waals surface area (Å²) in [5.74, 6) is -3.47. The van der Waals surface area contributed by atoms with Gasteiger partial charge in [0.2, 0.25) is 12.2 Å². The van der Waals surface area contributed by atoms with Crippen LogP contribution in [0.3, 0.4) is 0 Å². The average Bonchev–Trinajstić information content (AvgIpc) is 0.669. The molecule has 1 aromatic rings. The number of aliphatic hydroxyl groups is 16. The van der Waals surface area contributed by atoms with Gasteiger partial charge in [0.25, 0.3) is 0 Å². The normalized spacial score (nSPS) is 50.3. The lowest BCUT2D eigenvalue weighted by Gasteiger charge is -2.72. The fraction of sp³-hybridized carbons (Fsp3) is 0.849. The van der Waals surface area contributed by atoms with Crippen molar-refractivity contribution < 1.29 is 158 Å². The molecule has 0 spiro atoms. The Morgan fingerprint density at radius 3 is 1.77 bits per heavy atom. The fourth-order valence-corrected chi connectivity index (χ4v) is 20.3. The Morgan fingerprint density at radius 2 is 1.13 bits per heavy atom. The van der Waals surface area contributed by atoms with Crippen molar-refractivity contribution >= 4 is 23.5 Å². The zero-order valence-electron chi connectivity index (χ0n) is 61.8. The van der Waals surface area contributed by atoms with Gasteiger partial charge < -0.3 is 154 Å². The summed E-state index contributed by atoms with van der Waals surface area (Å²) in [6.07, 6.45) is -43.4. The van der Waals surface area contributed by atoms with E-state index in [1.54, 1.807) is 12.1 Å². The third kappa shape index (κ3) is 14.6. The quantitative estimate of drug-likeness (QED) is 0.0311. The largest absolute Gasteiger partial charge is 0.458 e. The Bertz CT molecular complexity index is 3340. The maximum atomic E-state index is 16.2. The fourth-order valence-electron chi connectivity index (χ4n) is 20.3. The van der Waals surface area contributed by atoms with Crippen molar-refractivity contribution in [2.75, 3.05) is 32.2 Å². The van der Waals surface area contributed by atoms with E-state index in [0.29, 0.717) is 32.1 Å². The third-order valence-corrected chi connectivity index (χ3v) is 26.8. The average molecular weight is 1530 g/mol. The minimum absolute atomic E-state index is 0.0341. The molecule has 606 valence electrons. The molecule has 11 aliphatic rings. The SMILES string of the molecule is CC(=O)N[C@H]1[C@H](O[C@H]2CC[C@@]3(C)C(CC[C@]4(C)C3CC=C3C5CC(C)(C)[C@@H](OC(=O)c6ccccc6N)C[C@]5(C(=O)O[C@@H]5O[C@H](CO)[C@@H](O)[C@H](O)[C@H]5O[C@@H]5O[C@@H](C)[C@H](O[C@@H]6OC[C@@H](O)[C@H](O)[C@H]6O)[C@@H](O)[C@H]5O)[C@H](O)C[C@]34C)C2(C)C)O[C@H](CO[C@@H]2O[C@H](C)[C@H](O)[C@H](O)[C@H]2O[C@@H]2OC[C@@H](O)[C@H](O)[C@H]2O)[C@@H](O)[C@@H]1O. The number of fused-ring (bicyclic) bond motifs is 7. The molecule has 5 aliphatic carbocycles. The molecule has 12 rings (SSSR count). The van der Waals surface area contributed by atoms with Gasteiger partial charge in [-0.1, -0.05) is 72.2 Å². The van der Waals surface area contributed by atoms with Gasteiger partial charge in [-0.05, 0) is 110 Å². The number of nitrogens with two attached hydrogens (primary N) is 1. The second-order valence-corrected chi connectivity index (χ2v) is 33.8. The van der Waals surface area contributed by atoms with Crippen molar-refractivity contribution in [2.45, 2.75) is 311 Å². The number of anilines is 1. The number of nitrogen functional groups attached to an aromatic ring is 1. The molecule has 19 N–H and O–H groups in total. The lowest BCUT2D eigenvalue weighted by atomic mass is 9.33. The molecule has 1 amide bonds. The summed E-state index contributed by atoms with van der Waals surface area (Å²) in [5, 5.41) is 181. The van der Waals surface area contributed by atoms with Gasteiger partial charge >= 0.3 is 11.9 Å². The molecule has 0 bridgehead atoms. The van der Waals surface area contributed by atoms with Crippen LogP contribution in [0.4, 0.5) is 5.69 Å². The minimum Gasteiger partial charge on any atom is -0.458 e. The van der Waals surface area contributed by atoms with Crippen LogP contribution in [0.5, 0.6) is 0 Å². The summed E-state index contributed by atoms with van der Waals surface area (Å²) in [4.78, 5) is 43.4. The Kier molecular flexibility index (Phi) is 24.0. The van der Waals surface area contributed by atoms with E-state index in [0.717, 1.165) is 5.57 Å². The smallest absolute Gasteiger partial charge is 0.340 e. The first-order valence-electron chi connectivity index (χ1n) is 37.3. The van der Waals surface area contributed by atoms with Crippen LogP contribution in [0.1, 0.15) is 131 Å². The molecule has 6 saturated heterocycles. The number of carbonyl (C=O) groups excluding carboxylic acids is 3. The predicted octanol–water partition coefficient (Wildman–Crippen LogP) is -3.52. The van der Waals surface area contributed by atoms with Crippen LogP contribution in [-0.4, -0.2) is 316 Å². The standard InChI is InChI=1S/C73H112N2O32/c1-28-45(81)51(87)58(105-63-55(91)47(83)36(79)26-96-63)65(98-28)97-27-38-49(85)50(86)44(75-30(3)77)61(101-38)103-42-18-19-70(8)39(69(42,6)7)17-20-71(9)40(70)16-15-32-33-21-68(4,5)43(102-60(93)31-13-11-12-14-34(31)74)23-73(33,41(80)22-72(32,71)10)67(94)107-66-59(52(88)48(84)37(24-76)100-66)106-64-56(92)53(89)57(29(2)99-64)104-62-54(90)46(82)35(78)25-95-62/h11-15,28-29,33,35-59,61-66,76,78-92H,16-27,74H2,1-10H3,(H,75,77)/t28-,29+,33?,35-,36-,37-,38-,39?,40?,41-,42+,43+,44-,45+,46+,47+,48-,49-,50-,51+,52+,53+,54-,55-,56-,57+,58-,59-,61+,62+,63+,64+,65-,66+,70+,71-,72-,73-/m1/s1. The Hall–Kier alpha value is -3.91. The van der Waals surface area contributed by atoms with Crippen molar-refractivity contribution in [3.8, 4) is 0 Å². The van der Waals surface area contributed by atoms with Crippen LogP contribution in [0.25, 0.3) is 0 Å². The predicted molar refractivity (Wildman–Crippen MR) is 362 cm³/mol. The monoisotopic (exact) mass is 1530 g/mol. The van der Waals surface area contributed by atoms with Gasteiger partial charge in [-0.3, -0.25) is 9.59 Å². The number of esters is 2. The molecular formula is C73H112N2O32. The summed E-state index contributed by atoms with van der Waals surface area (Å²) < 4.78 is 79.1. The number of rotatable bonds is 17. The maximum Gasteiger partial charge on any atom is 0.340 e. The van der Waals surface area contributed by atoms with E-state index in [2.05, 4.69) is 46.0 Å². The number of para-hydroxylation sites is 1. The third-order valence-electron chi connectivity index (χ3n) is 26.8. The molecule has 4 saturated carbocycles. The molecule has 38 atom stereocenters. The van der Waals surface area contributed by atoms with Gasteiger partial charge in [-0.15, -0.1) is 0 Å². The first-order valence-corrected chi connectivity index (χ1v) is 37.3. The van der Waals surface area contributed by atoms with E-state index in [-0.39, 0.29) is 42.3 Å². The highest BCUT2D eigenvalue weighted by Gasteiger charge is 2.74. The Balaban J connectivity index is 0.809. The van der Waals surface area contributed by atoms with Crippen molar-refractivity contribution in [2.24, 2.45) is 50.2 Å². The van der Waals surface area contributed by atoms with Gasteiger partial charge in [0.05, 0.1) is 56.4 Å². The lowest BCUT2D eigenvalue weighted by molar-refractivity contribution is -0.375. The second kappa shape index (κ2) is 31.1. The van der Waals surface area contributed by atoms with Crippen molar-refractivity contribution in [1.82, 2.24) is 5.32 Å². The summed E-state index contributed by atoms with van der Waals surface area (Å²) in [6.45, 7) is 16.4. The summed E-state index contributed by atoms with van der Waals surface area (Å²) in [5.41, 5.74) is 1.82. The van der Waals surface area contributed by atoms with Crippen LogP contribution in [-0.2, 0) is 71.2 Å². The number of benzene rings is 1. The van der Waals surface area contributed by atoms with Gasteiger partial charge in [0.15, 0.2) is 37.6 Å². The molecule has 6 aliphatic heterocycles. The van der Waals surface area contributed by atoms with E-state index < -0.39 is 273 Å². The number of ether oxygens (including phenoxy) is 13. The van der Waals surface area contributed by atoms with Gasteiger partial charge in [-0.2, -0.15) is 0 Å².